The number of aliphatic hydroxyl groups excluding tert-OH is 1. The summed E-state index contributed by atoms with van der Waals surface area (Å²) in [5.74, 6) is 0. The zero-order chi connectivity index (χ0) is 20.6. The maximum atomic E-state index is 12.6. The van der Waals surface area contributed by atoms with E-state index in [0.29, 0.717) is 13.2 Å². The number of halogens is 3. The lowest BCUT2D eigenvalue weighted by atomic mass is 10.1. The van der Waals surface area contributed by atoms with Crippen LogP contribution in [0.5, 0.6) is 0 Å². The van der Waals surface area contributed by atoms with Crippen LogP contribution < -0.4 is 26.6 Å². The Morgan fingerprint density at radius 1 is 1.25 bits per heavy atom. The van der Waals surface area contributed by atoms with E-state index in [1.807, 2.05) is 6.92 Å². The number of carbonyl (C=O) groups excluding carboxylic acids is 1. The second-order valence-electron chi connectivity index (χ2n) is 6.42. The number of hydrogen-bond donors (Lipinski definition) is 6. The first-order valence-electron chi connectivity index (χ1n) is 8.97. The number of amides is 2. The molecular formula is C17H26F3N5O3. The van der Waals surface area contributed by atoms with Crippen molar-refractivity contribution in [3.63, 3.8) is 0 Å². The van der Waals surface area contributed by atoms with E-state index < -0.39 is 24.1 Å². The van der Waals surface area contributed by atoms with Gasteiger partial charge in [-0.15, -0.1) is 0 Å². The van der Waals surface area contributed by atoms with E-state index >= 15 is 0 Å². The van der Waals surface area contributed by atoms with Gasteiger partial charge in [-0.3, -0.25) is 16.0 Å². The van der Waals surface area contributed by atoms with Crippen LogP contribution in [0.15, 0.2) is 24.3 Å². The van der Waals surface area contributed by atoms with Gasteiger partial charge >= 0.3 is 12.2 Å². The summed E-state index contributed by atoms with van der Waals surface area (Å²) in [5.41, 5.74) is -0.523. The van der Waals surface area contributed by atoms with E-state index in [4.69, 9.17) is 9.84 Å². The molecule has 1 aromatic rings. The molecule has 2 amide bonds. The number of rotatable bonds is 8. The van der Waals surface area contributed by atoms with Crippen molar-refractivity contribution < 1.29 is 27.8 Å². The lowest BCUT2D eigenvalue weighted by Gasteiger charge is -2.36. The van der Waals surface area contributed by atoms with Crippen LogP contribution in [-0.2, 0) is 10.9 Å². The highest BCUT2D eigenvalue weighted by atomic mass is 19.4. The molecular weight excluding hydrogens is 379 g/mol. The number of anilines is 1. The number of carbonyl (C=O) groups is 1. The number of aliphatic hydroxyl groups is 1. The van der Waals surface area contributed by atoms with Crippen LogP contribution in [0.4, 0.5) is 23.7 Å². The van der Waals surface area contributed by atoms with Crippen molar-refractivity contribution in [2.45, 2.75) is 38.0 Å². The quantitative estimate of drug-likeness (QED) is 0.361. The van der Waals surface area contributed by atoms with E-state index in [2.05, 4.69) is 26.6 Å². The summed E-state index contributed by atoms with van der Waals surface area (Å²) in [7, 11) is 0. The predicted octanol–water partition coefficient (Wildman–Crippen LogP) is 1.01. The number of benzene rings is 1. The SMILES string of the molecule is CC1CC(NCCOCCO)NC(NC(=O)Nc2ccc(C(F)(F)F)cc2)N1. The van der Waals surface area contributed by atoms with Gasteiger partial charge in [-0.25, -0.2) is 4.79 Å². The van der Waals surface area contributed by atoms with Crippen molar-refractivity contribution in [3.05, 3.63) is 29.8 Å². The molecule has 11 heteroatoms. The molecule has 0 aliphatic carbocycles. The van der Waals surface area contributed by atoms with Crippen LogP contribution >= 0.6 is 0 Å². The number of ether oxygens (including phenoxy) is 1. The minimum atomic E-state index is -4.42. The van der Waals surface area contributed by atoms with Crippen LogP contribution in [-0.4, -0.2) is 56.0 Å². The first-order chi connectivity index (χ1) is 13.3. The van der Waals surface area contributed by atoms with Gasteiger partial charge in [0.1, 0.15) is 6.29 Å². The summed E-state index contributed by atoms with van der Waals surface area (Å²) in [4.78, 5) is 12.1. The Bertz CT molecular complexity index is 615. The lowest BCUT2D eigenvalue weighted by Crippen LogP contribution is -2.67. The van der Waals surface area contributed by atoms with Crippen molar-refractivity contribution in [1.29, 1.82) is 0 Å². The van der Waals surface area contributed by atoms with Crippen LogP contribution in [0, 0.1) is 0 Å². The summed E-state index contributed by atoms with van der Waals surface area (Å²) >= 11 is 0. The van der Waals surface area contributed by atoms with Crippen LogP contribution in [0.25, 0.3) is 0 Å². The molecule has 158 valence electrons. The minimum absolute atomic E-state index is 0.0251. The molecule has 3 unspecified atom stereocenters. The van der Waals surface area contributed by atoms with Crippen molar-refractivity contribution in [1.82, 2.24) is 21.3 Å². The van der Waals surface area contributed by atoms with Crippen LogP contribution in [0.3, 0.4) is 0 Å². The Hall–Kier alpha value is -1.92. The van der Waals surface area contributed by atoms with Gasteiger partial charge in [0.2, 0.25) is 0 Å². The fraction of sp³-hybridized carbons (Fsp3) is 0.588. The van der Waals surface area contributed by atoms with Crippen LogP contribution in [0.1, 0.15) is 18.9 Å². The molecule has 8 nitrogen and oxygen atoms in total. The summed E-state index contributed by atoms with van der Waals surface area (Å²) in [6, 6.07) is 3.78. The summed E-state index contributed by atoms with van der Waals surface area (Å²) < 4.78 is 42.9. The molecule has 0 radical (unpaired) electrons. The molecule has 1 saturated heterocycles. The van der Waals surface area contributed by atoms with E-state index in [1.54, 1.807) is 0 Å². The third-order valence-electron chi connectivity index (χ3n) is 4.03. The molecule has 6 N–H and O–H groups in total. The second-order valence-corrected chi connectivity index (χ2v) is 6.42. The van der Waals surface area contributed by atoms with Gasteiger partial charge in [0.15, 0.2) is 0 Å². The number of hydrogen-bond acceptors (Lipinski definition) is 6. The van der Waals surface area contributed by atoms with Crippen molar-refractivity contribution >= 4 is 11.7 Å². The molecule has 1 fully saturated rings. The Balaban J connectivity index is 1.78. The Kier molecular flexibility index (Phi) is 8.45. The molecule has 1 aromatic carbocycles. The highest BCUT2D eigenvalue weighted by Gasteiger charge is 2.30. The Morgan fingerprint density at radius 2 is 1.96 bits per heavy atom. The van der Waals surface area contributed by atoms with Crippen molar-refractivity contribution in [2.75, 3.05) is 31.7 Å². The third kappa shape index (κ3) is 7.60. The molecule has 1 aliphatic heterocycles. The van der Waals surface area contributed by atoms with Crippen molar-refractivity contribution in [2.24, 2.45) is 0 Å². The summed E-state index contributed by atoms with van der Waals surface area (Å²) in [6.45, 7) is 3.26. The fourth-order valence-electron chi connectivity index (χ4n) is 2.76. The summed E-state index contributed by atoms with van der Waals surface area (Å²) in [5, 5.41) is 23.4. The minimum Gasteiger partial charge on any atom is -0.394 e. The molecule has 0 spiro atoms. The molecule has 1 heterocycles. The molecule has 2 rings (SSSR count). The number of nitrogens with one attached hydrogen (secondary N) is 5. The molecule has 0 saturated carbocycles. The fourth-order valence-corrected chi connectivity index (χ4v) is 2.76. The predicted molar refractivity (Wildman–Crippen MR) is 97.4 cm³/mol. The smallest absolute Gasteiger partial charge is 0.394 e. The Morgan fingerprint density at radius 3 is 2.61 bits per heavy atom. The standard InChI is InChI=1S/C17H26F3N5O3/c1-11-10-14(21-6-8-28-9-7-26)24-15(22-11)25-16(27)23-13-4-2-12(3-5-13)17(18,19)20/h2-5,11,14-15,21-22,24,26H,6-10H2,1H3,(H2,23,25,27). The van der Waals surface area contributed by atoms with E-state index in [1.165, 1.54) is 12.1 Å². The topological polar surface area (TPSA) is 107 Å². The van der Waals surface area contributed by atoms with E-state index in [9.17, 15) is 18.0 Å². The van der Waals surface area contributed by atoms with Gasteiger partial charge in [0.25, 0.3) is 0 Å². The zero-order valence-corrected chi connectivity index (χ0v) is 15.5. The lowest BCUT2D eigenvalue weighted by molar-refractivity contribution is -0.137. The number of alkyl halides is 3. The van der Waals surface area contributed by atoms with Gasteiger partial charge in [0.05, 0.1) is 31.5 Å². The normalized spacial score (nSPS) is 22.7. The maximum Gasteiger partial charge on any atom is 0.416 e. The first kappa shape index (κ1) is 22.4. The average molecular weight is 405 g/mol. The van der Waals surface area contributed by atoms with Gasteiger partial charge < -0.3 is 20.5 Å². The summed E-state index contributed by atoms with van der Waals surface area (Å²) in [6.07, 6.45) is -4.23. The highest BCUT2D eigenvalue weighted by Crippen LogP contribution is 2.29. The van der Waals surface area contributed by atoms with Gasteiger partial charge in [-0.2, -0.15) is 13.2 Å². The van der Waals surface area contributed by atoms with Gasteiger partial charge in [-0.05, 0) is 37.6 Å². The molecule has 28 heavy (non-hydrogen) atoms. The zero-order valence-electron chi connectivity index (χ0n) is 15.5. The Labute approximate surface area is 161 Å². The molecule has 1 aliphatic rings. The second kappa shape index (κ2) is 10.6. The number of urea groups is 1. The maximum absolute atomic E-state index is 12.6. The monoisotopic (exact) mass is 405 g/mol. The van der Waals surface area contributed by atoms with E-state index in [-0.39, 0.29) is 31.1 Å². The largest absolute Gasteiger partial charge is 0.416 e. The third-order valence-corrected chi connectivity index (χ3v) is 4.03. The average Bonchev–Trinajstić information content (AvgIpc) is 2.60. The van der Waals surface area contributed by atoms with Crippen LogP contribution in [0.2, 0.25) is 0 Å². The van der Waals surface area contributed by atoms with Gasteiger partial charge in [0, 0.05) is 18.3 Å². The molecule has 3 atom stereocenters. The molecule has 0 aromatic heterocycles. The molecule has 0 bridgehead atoms. The van der Waals surface area contributed by atoms with Crippen molar-refractivity contribution in [3.8, 4) is 0 Å². The highest BCUT2D eigenvalue weighted by molar-refractivity contribution is 5.89. The first-order valence-corrected chi connectivity index (χ1v) is 8.97. The van der Waals surface area contributed by atoms with Gasteiger partial charge in [-0.1, -0.05) is 0 Å². The van der Waals surface area contributed by atoms with E-state index in [0.717, 1.165) is 18.6 Å².